The van der Waals surface area contributed by atoms with Crippen LogP contribution in [0.3, 0.4) is 0 Å². The summed E-state index contributed by atoms with van der Waals surface area (Å²) >= 11 is 0. The van der Waals surface area contributed by atoms with Crippen molar-refractivity contribution in [2.24, 2.45) is 11.7 Å². The minimum absolute atomic E-state index is 0.00136. The molecule has 0 saturated carbocycles. The third-order valence-corrected chi connectivity index (χ3v) is 7.14. The number of benzene rings is 2. The summed E-state index contributed by atoms with van der Waals surface area (Å²) in [5.41, 5.74) is 9.19. The fourth-order valence-corrected chi connectivity index (χ4v) is 4.66. The number of primary amides is 1. The standard InChI is InChI=1S/C32H41N5O9.C4H8O2/c1-4-44-31(42)27-26(46-27)30(41)37(16-15-25(33)38)36-29(40)24(18-21-11-7-5-8-12-21)34-28(39)23(17-20(2)3)35-32(43)45-19-22-13-9-6-10-14-22;1-3-6-4(2)5/h5-14,20,23-24,26-27H,4,15-19H2,1-3H3,(H2,33,38)(H,34,39)(H,35,43)(H,36,40);3H2,1-2H3. The van der Waals surface area contributed by atoms with Crippen LogP contribution in [0, 0.1) is 5.92 Å². The van der Waals surface area contributed by atoms with Crippen molar-refractivity contribution in [1.82, 2.24) is 21.1 Å². The van der Waals surface area contributed by atoms with Crippen LogP contribution >= 0.6 is 0 Å². The number of nitrogens with zero attached hydrogens (tertiary/aromatic N) is 1. The predicted octanol–water partition coefficient (Wildman–Crippen LogP) is 1.69. The Morgan fingerprint density at radius 1 is 0.788 bits per heavy atom. The van der Waals surface area contributed by atoms with Crippen LogP contribution in [0.25, 0.3) is 0 Å². The summed E-state index contributed by atoms with van der Waals surface area (Å²) in [6.07, 6.45) is -3.22. The number of nitrogens with one attached hydrogen (secondary N) is 3. The van der Waals surface area contributed by atoms with E-state index in [9.17, 15) is 33.6 Å². The number of hydrazine groups is 1. The highest BCUT2D eigenvalue weighted by molar-refractivity contribution is 5.95. The SMILES string of the molecule is CCOC(=O)C1OC1C(=O)N(CCC(N)=O)NC(=O)C(Cc1ccccc1)NC(=O)C(CC(C)C)NC(=O)OCc1ccccc1.CCOC(C)=O. The lowest BCUT2D eigenvalue weighted by atomic mass is 10.0. The van der Waals surface area contributed by atoms with Crippen LogP contribution in [-0.2, 0) is 60.7 Å². The number of ether oxygens (including phenoxy) is 4. The van der Waals surface area contributed by atoms with E-state index in [4.69, 9.17) is 19.9 Å². The maximum absolute atomic E-state index is 13.6. The molecular formula is C36H49N5O11. The van der Waals surface area contributed by atoms with E-state index in [-0.39, 0.29) is 50.9 Å². The largest absolute Gasteiger partial charge is 0.466 e. The van der Waals surface area contributed by atoms with Crippen LogP contribution < -0.4 is 21.8 Å². The van der Waals surface area contributed by atoms with E-state index in [0.717, 1.165) is 10.6 Å². The predicted molar refractivity (Wildman–Crippen MR) is 186 cm³/mol. The second-order valence-corrected chi connectivity index (χ2v) is 12.0. The first kappa shape index (κ1) is 42.7. The van der Waals surface area contributed by atoms with Gasteiger partial charge < -0.3 is 35.3 Å². The Bertz CT molecular complexity index is 1490. The van der Waals surface area contributed by atoms with Gasteiger partial charge >= 0.3 is 18.0 Å². The maximum Gasteiger partial charge on any atom is 0.408 e. The molecule has 1 aliphatic rings. The third kappa shape index (κ3) is 16.0. The molecule has 5 amide bonds. The van der Waals surface area contributed by atoms with Gasteiger partial charge in [0.25, 0.3) is 11.8 Å². The van der Waals surface area contributed by atoms with Crippen molar-refractivity contribution in [3.8, 4) is 0 Å². The summed E-state index contributed by atoms with van der Waals surface area (Å²) in [5, 5.41) is 6.12. The van der Waals surface area contributed by atoms with Gasteiger partial charge in [-0.05, 0) is 37.3 Å². The molecular weight excluding hydrogens is 678 g/mol. The zero-order chi connectivity index (χ0) is 38.6. The number of carbonyl (C=O) groups is 7. The second-order valence-electron chi connectivity index (χ2n) is 12.0. The Hall–Kier alpha value is -5.51. The molecule has 3 rings (SSSR count). The summed E-state index contributed by atoms with van der Waals surface area (Å²) in [5.74, 6) is -3.93. The van der Waals surface area contributed by atoms with E-state index < -0.39 is 60.0 Å². The average Bonchev–Trinajstić information content (AvgIpc) is 3.91. The van der Waals surface area contributed by atoms with Gasteiger partial charge in [-0.25, -0.2) is 9.59 Å². The Balaban J connectivity index is 0.00000143. The highest BCUT2D eigenvalue weighted by Crippen LogP contribution is 2.25. The van der Waals surface area contributed by atoms with Gasteiger partial charge in [0.2, 0.25) is 11.8 Å². The Labute approximate surface area is 303 Å². The monoisotopic (exact) mass is 727 g/mol. The van der Waals surface area contributed by atoms with Gasteiger partial charge in [-0.2, -0.15) is 0 Å². The molecule has 5 N–H and O–H groups in total. The topological polar surface area (TPSA) is 225 Å². The fourth-order valence-electron chi connectivity index (χ4n) is 4.66. The van der Waals surface area contributed by atoms with Crippen LogP contribution in [0.15, 0.2) is 60.7 Å². The average molecular weight is 728 g/mol. The fraction of sp³-hybridized carbons (Fsp3) is 0.472. The first-order valence-electron chi connectivity index (χ1n) is 16.9. The quantitative estimate of drug-likeness (QED) is 0.0794. The summed E-state index contributed by atoms with van der Waals surface area (Å²) < 4.78 is 19.8. The van der Waals surface area contributed by atoms with E-state index in [0.29, 0.717) is 12.2 Å². The number of hydrogen-bond donors (Lipinski definition) is 4. The van der Waals surface area contributed by atoms with Gasteiger partial charge in [-0.1, -0.05) is 74.5 Å². The van der Waals surface area contributed by atoms with Crippen molar-refractivity contribution in [2.45, 2.75) is 84.8 Å². The molecule has 4 unspecified atom stereocenters. The smallest absolute Gasteiger partial charge is 0.408 e. The number of epoxide rings is 1. The number of nitrogens with two attached hydrogens (primary N) is 1. The van der Waals surface area contributed by atoms with Crippen LogP contribution in [0.2, 0.25) is 0 Å². The van der Waals surface area contributed by atoms with Crippen molar-refractivity contribution >= 4 is 41.7 Å². The molecule has 52 heavy (non-hydrogen) atoms. The maximum atomic E-state index is 13.6. The van der Waals surface area contributed by atoms with E-state index in [2.05, 4.69) is 20.8 Å². The summed E-state index contributed by atoms with van der Waals surface area (Å²) in [6.45, 7) is 8.77. The molecule has 1 heterocycles. The molecule has 4 atom stereocenters. The molecule has 284 valence electrons. The van der Waals surface area contributed by atoms with Crippen LogP contribution in [-0.4, -0.2) is 90.7 Å². The lowest BCUT2D eigenvalue weighted by Gasteiger charge is -2.27. The van der Waals surface area contributed by atoms with Crippen molar-refractivity contribution in [3.63, 3.8) is 0 Å². The van der Waals surface area contributed by atoms with Crippen molar-refractivity contribution in [3.05, 3.63) is 71.8 Å². The summed E-state index contributed by atoms with van der Waals surface area (Å²) in [6, 6.07) is 15.6. The number of carbonyl (C=O) groups excluding carboxylic acids is 7. The third-order valence-electron chi connectivity index (χ3n) is 7.14. The van der Waals surface area contributed by atoms with Gasteiger partial charge in [-0.3, -0.25) is 34.4 Å². The molecule has 0 radical (unpaired) electrons. The minimum atomic E-state index is -1.23. The summed E-state index contributed by atoms with van der Waals surface area (Å²) in [4.78, 5) is 86.4. The zero-order valence-corrected chi connectivity index (χ0v) is 30.1. The Morgan fingerprint density at radius 3 is 1.90 bits per heavy atom. The van der Waals surface area contributed by atoms with Gasteiger partial charge in [0.1, 0.15) is 18.7 Å². The zero-order valence-electron chi connectivity index (χ0n) is 30.1. The molecule has 16 nitrogen and oxygen atoms in total. The number of esters is 2. The van der Waals surface area contributed by atoms with Crippen LogP contribution in [0.4, 0.5) is 4.79 Å². The second kappa shape index (κ2) is 22.3. The Kier molecular flexibility index (Phi) is 18.3. The molecule has 1 aliphatic heterocycles. The first-order chi connectivity index (χ1) is 24.7. The molecule has 1 saturated heterocycles. The molecule has 0 spiro atoms. The van der Waals surface area contributed by atoms with Crippen LogP contribution in [0.5, 0.6) is 0 Å². The lowest BCUT2D eigenvalue weighted by Crippen LogP contribution is -2.58. The number of rotatable bonds is 17. The molecule has 2 aromatic carbocycles. The van der Waals surface area contributed by atoms with Gasteiger partial charge in [0.15, 0.2) is 12.2 Å². The minimum Gasteiger partial charge on any atom is -0.466 e. The first-order valence-corrected chi connectivity index (χ1v) is 16.9. The van der Waals surface area contributed by atoms with Crippen molar-refractivity contribution < 1.29 is 52.5 Å². The number of alkyl carbamates (subject to hydrolysis) is 1. The molecule has 16 heteroatoms. The van der Waals surface area contributed by atoms with Crippen molar-refractivity contribution in [2.75, 3.05) is 19.8 Å². The van der Waals surface area contributed by atoms with E-state index in [1.165, 1.54) is 6.92 Å². The normalized spacial score (nSPS) is 15.3. The van der Waals surface area contributed by atoms with Gasteiger partial charge in [-0.15, -0.1) is 0 Å². The number of amides is 5. The molecule has 1 fully saturated rings. The van der Waals surface area contributed by atoms with E-state index in [1.807, 2.05) is 32.0 Å². The van der Waals surface area contributed by atoms with Crippen LogP contribution in [0.1, 0.15) is 58.6 Å². The Morgan fingerprint density at radius 2 is 1.38 bits per heavy atom. The molecule has 2 aromatic rings. The molecule has 0 aliphatic carbocycles. The van der Waals surface area contributed by atoms with Gasteiger partial charge in [0.05, 0.1) is 19.8 Å². The van der Waals surface area contributed by atoms with E-state index >= 15 is 0 Å². The lowest BCUT2D eigenvalue weighted by molar-refractivity contribution is -0.146. The van der Waals surface area contributed by atoms with E-state index in [1.54, 1.807) is 56.3 Å². The highest BCUT2D eigenvalue weighted by Gasteiger charge is 2.53. The number of hydrogen-bond acceptors (Lipinski definition) is 11. The molecule has 0 bridgehead atoms. The van der Waals surface area contributed by atoms with Gasteiger partial charge in [0, 0.05) is 19.8 Å². The highest BCUT2D eigenvalue weighted by atomic mass is 16.6. The molecule has 0 aromatic heterocycles. The van der Waals surface area contributed by atoms with Crippen molar-refractivity contribution in [1.29, 1.82) is 0 Å². The summed E-state index contributed by atoms with van der Waals surface area (Å²) in [7, 11) is 0.